The van der Waals surface area contributed by atoms with E-state index in [0.29, 0.717) is 23.6 Å². The molecule has 2 aromatic heterocycles. The van der Waals surface area contributed by atoms with Crippen molar-refractivity contribution in [3.05, 3.63) is 53.6 Å². The second-order valence-corrected chi connectivity index (χ2v) is 6.36. The summed E-state index contributed by atoms with van der Waals surface area (Å²) in [5.74, 6) is -0.547. The molecule has 0 bridgehead atoms. The molecule has 2 unspecified atom stereocenters. The molecule has 9 heteroatoms. The van der Waals surface area contributed by atoms with Crippen LogP contribution in [0.25, 0.3) is 5.65 Å². The number of aliphatic hydroxyl groups excluding tert-OH is 1. The summed E-state index contributed by atoms with van der Waals surface area (Å²) in [5, 5.41) is 23.5. The minimum Gasteiger partial charge on any atom is -0.496 e. The lowest BCUT2D eigenvalue weighted by molar-refractivity contribution is 0.0698. The predicted molar refractivity (Wildman–Crippen MR) is 93.6 cm³/mol. The first kappa shape index (κ1) is 17.2. The van der Waals surface area contributed by atoms with Crippen molar-refractivity contribution in [2.24, 2.45) is 0 Å². The minimum atomic E-state index is -1.13. The summed E-state index contributed by atoms with van der Waals surface area (Å²) in [7, 11) is 1.50. The van der Waals surface area contributed by atoms with E-state index in [1.165, 1.54) is 30.0 Å². The van der Waals surface area contributed by atoms with Gasteiger partial charge < -0.3 is 19.8 Å². The highest BCUT2D eigenvalue weighted by molar-refractivity contribution is 5.94. The number of hydrogen-bond donors (Lipinski definition) is 2. The first-order valence-electron chi connectivity index (χ1n) is 8.33. The molecule has 1 saturated heterocycles. The standard InChI is InChI=1S/C18H17FN4O4/c1-27-15-3-2-10(19)6-12(15)14-7-11(24)9-22(14)16-4-5-23-17(21-16)13(8-20-23)18(25)26/h2-6,8,11,14,24H,7,9H2,1H3,(H,25,26). The Bertz CT molecular complexity index is 1020. The molecule has 2 N–H and O–H groups in total. The van der Waals surface area contributed by atoms with Gasteiger partial charge in [0, 0.05) is 18.3 Å². The van der Waals surface area contributed by atoms with Crippen LogP contribution in [-0.4, -0.2) is 50.5 Å². The number of aliphatic hydroxyl groups is 1. The Kier molecular flexibility index (Phi) is 4.15. The summed E-state index contributed by atoms with van der Waals surface area (Å²) < 4.78 is 20.6. The van der Waals surface area contributed by atoms with E-state index < -0.39 is 17.9 Å². The van der Waals surface area contributed by atoms with E-state index in [0.717, 1.165) is 0 Å². The lowest BCUT2D eigenvalue weighted by Crippen LogP contribution is -2.26. The molecule has 4 rings (SSSR count). The topological polar surface area (TPSA) is 100 Å². The fourth-order valence-corrected chi connectivity index (χ4v) is 3.50. The average molecular weight is 372 g/mol. The molecule has 0 aliphatic carbocycles. The Morgan fingerprint density at radius 2 is 2.19 bits per heavy atom. The van der Waals surface area contributed by atoms with Gasteiger partial charge in [0.05, 0.1) is 25.5 Å². The number of hydrogen-bond acceptors (Lipinski definition) is 6. The van der Waals surface area contributed by atoms with Gasteiger partial charge in [-0.1, -0.05) is 0 Å². The first-order chi connectivity index (χ1) is 13.0. The molecule has 8 nitrogen and oxygen atoms in total. The van der Waals surface area contributed by atoms with Crippen LogP contribution in [0.2, 0.25) is 0 Å². The highest BCUT2D eigenvalue weighted by atomic mass is 19.1. The fraction of sp³-hybridized carbons (Fsp3) is 0.278. The molecule has 3 aromatic rings. The molecule has 0 amide bonds. The number of methoxy groups -OCH3 is 1. The molecule has 140 valence electrons. The zero-order valence-corrected chi connectivity index (χ0v) is 14.4. The van der Waals surface area contributed by atoms with Crippen molar-refractivity contribution in [2.45, 2.75) is 18.6 Å². The minimum absolute atomic E-state index is 0.0171. The van der Waals surface area contributed by atoms with Gasteiger partial charge in [-0.2, -0.15) is 5.10 Å². The van der Waals surface area contributed by atoms with Gasteiger partial charge >= 0.3 is 5.97 Å². The van der Waals surface area contributed by atoms with Crippen LogP contribution in [0.3, 0.4) is 0 Å². The summed E-state index contributed by atoms with van der Waals surface area (Å²) in [6, 6.07) is 5.56. The Morgan fingerprint density at radius 1 is 1.37 bits per heavy atom. The van der Waals surface area contributed by atoms with Crippen molar-refractivity contribution in [1.29, 1.82) is 0 Å². The maximum atomic E-state index is 13.8. The summed E-state index contributed by atoms with van der Waals surface area (Å²) in [4.78, 5) is 17.6. The summed E-state index contributed by atoms with van der Waals surface area (Å²) in [5.41, 5.74) is 0.783. The number of halogens is 1. The smallest absolute Gasteiger partial charge is 0.341 e. The number of anilines is 1. The van der Waals surface area contributed by atoms with Gasteiger partial charge in [0.1, 0.15) is 22.9 Å². The summed E-state index contributed by atoms with van der Waals surface area (Å²) in [6.45, 7) is 0.282. The number of β-amino-alcohol motifs (C(OH)–C–C–N with tert-alkyl or cyclic N) is 1. The Labute approximate surface area is 153 Å². The lowest BCUT2D eigenvalue weighted by Gasteiger charge is -2.27. The van der Waals surface area contributed by atoms with Gasteiger partial charge in [0.2, 0.25) is 0 Å². The maximum absolute atomic E-state index is 13.8. The highest BCUT2D eigenvalue weighted by Crippen LogP contribution is 2.39. The zero-order chi connectivity index (χ0) is 19.1. The monoisotopic (exact) mass is 372 g/mol. The zero-order valence-electron chi connectivity index (χ0n) is 14.4. The van der Waals surface area contributed by atoms with Crippen molar-refractivity contribution in [3.63, 3.8) is 0 Å². The van der Waals surface area contributed by atoms with Crippen LogP contribution < -0.4 is 9.64 Å². The van der Waals surface area contributed by atoms with Crippen molar-refractivity contribution in [1.82, 2.24) is 14.6 Å². The second-order valence-electron chi connectivity index (χ2n) is 6.36. The molecular formula is C18H17FN4O4. The first-order valence-corrected chi connectivity index (χ1v) is 8.33. The number of carboxylic acids is 1. The van der Waals surface area contributed by atoms with E-state index in [-0.39, 0.29) is 23.8 Å². The predicted octanol–water partition coefficient (Wildman–Crippen LogP) is 1.89. The third-order valence-corrected chi connectivity index (χ3v) is 4.71. The van der Waals surface area contributed by atoms with Crippen molar-refractivity contribution < 1.29 is 24.1 Å². The summed E-state index contributed by atoms with van der Waals surface area (Å²) in [6.07, 6.45) is 2.58. The van der Waals surface area contributed by atoms with Crippen LogP contribution in [0, 0.1) is 5.82 Å². The lowest BCUT2D eigenvalue weighted by atomic mass is 10.0. The second kappa shape index (κ2) is 6.51. The molecule has 1 aromatic carbocycles. The van der Waals surface area contributed by atoms with Crippen LogP contribution in [0.1, 0.15) is 28.4 Å². The third kappa shape index (κ3) is 2.95. The van der Waals surface area contributed by atoms with Crippen molar-refractivity contribution in [2.75, 3.05) is 18.6 Å². The average Bonchev–Trinajstić information content (AvgIpc) is 3.24. The molecule has 0 spiro atoms. The number of carbonyl (C=O) groups is 1. The quantitative estimate of drug-likeness (QED) is 0.721. The molecule has 1 fully saturated rings. The van der Waals surface area contributed by atoms with Crippen LogP contribution in [0.5, 0.6) is 5.75 Å². The van der Waals surface area contributed by atoms with Gasteiger partial charge in [0.15, 0.2) is 5.65 Å². The Balaban J connectivity index is 1.80. The molecule has 1 aliphatic rings. The Morgan fingerprint density at radius 3 is 2.93 bits per heavy atom. The van der Waals surface area contributed by atoms with E-state index in [9.17, 15) is 19.4 Å². The maximum Gasteiger partial charge on any atom is 0.341 e. The van der Waals surface area contributed by atoms with Gasteiger partial charge in [-0.05, 0) is 30.7 Å². The largest absolute Gasteiger partial charge is 0.496 e. The van der Waals surface area contributed by atoms with Crippen LogP contribution in [0.4, 0.5) is 10.2 Å². The Hall–Kier alpha value is -3.20. The number of ether oxygens (including phenoxy) is 1. The number of fused-ring (bicyclic) bond motifs is 1. The van der Waals surface area contributed by atoms with E-state index in [1.807, 2.05) is 4.90 Å². The van der Waals surface area contributed by atoms with Gasteiger partial charge in [0.25, 0.3) is 0 Å². The van der Waals surface area contributed by atoms with Gasteiger partial charge in [-0.25, -0.2) is 18.7 Å². The molecule has 27 heavy (non-hydrogen) atoms. The fourth-order valence-electron chi connectivity index (χ4n) is 3.50. The van der Waals surface area contributed by atoms with Crippen LogP contribution in [0.15, 0.2) is 36.7 Å². The number of aromatic carboxylic acids is 1. The molecule has 2 atom stereocenters. The molecule has 1 aliphatic heterocycles. The van der Waals surface area contributed by atoms with Crippen LogP contribution >= 0.6 is 0 Å². The number of aromatic nitrogens is 3. The van der Waals surface area contributed by atoms with E-state index >= 15 is 0 Å². The number of rotatable bonds is 4. The number of benzene rings is 1. The highest BCUT2D eigenvalue weighted by Gasteiger charge is 2.35. The molecule has 3 heterocycles. The normalized spacial score (nSPS) is 19.6. The SMILES string of the molecule is COc1ccc(F)cc1C1CC(O)CN1c1ccn2ncc(C(=O)O)c2n1. The summed E-state index contributed by atoms with van der Waals surface area (Å²) >= 11 is 0. The van der Waals surface area contributed by atoms with Gasteiger partial charge in [-0.3, -0.25) is 0 Å². The van der Waals surface area contributed by atoms with E-state index in [2.05, 4.69) is 10.1 Å². The van der Waals surface area contributed by atoms with E-state index in [4.69, 9.17) is 4.74 Å². The molecular weight excluding hydrogens is 355 g/mol. The van der Waals surface area contributed by atoms with Gasteiger partial charge in [-0.15, -0.1) is 0 Å². The number of carboxylic acid groups (broad SMARTS) is 1. The van der Waals surface area contributed by atoms with Crippen molar-refractivity contribution >= 4 is 17.4 Å². The molecule has 0 radical (unpaired) electrons. The van der Waals surface area contributed by atoms with Crippen molar-refractivity contribution in [3.8, 4) is 5.75 Å². The third-order valence-electron chi connectivity index (χ3n) is 4.71. The van der Waals surface area contributed by atoms with Crippen LogP contribution in [-0.2, 0) is 0 Å². The molecule has 0 saturated carbocycles. The number of nitrogens with zero attached hydrogens (tertiary/aromatic N) is 4. The van der Waals surface area contributed by atoms with E-state index in [1.54, 1.807) is 18.3 Å².